The maximum absolute atomic E-state index is 6.38. The van der Waals surface area contributed by atoms with Gasteiger partial charge in [0.15, 0.2) is 0 Å². The second-order valence-corrected chi connectivity index (χ2v) is 9.28. The van der Waals surface area contributed by atoms with Crippen molar-refractivity contribution in [1.82, 2.24) is 0 Å². The molecule has 7 atom stereocenters. The van der Waals surface area contributed by atoms with Crippen LogP contribution < -0.4 is 5.73 Å². The molecule has 20 heavy (non-hydrogen) atoms. The summed E-state index contributed by atoms with van der Waals surface area (Å²) >= 11 is 0. The smallest absolute Gasteiger partial charge is 0.00443 e. The number of rotatable bonds is 0. The lowest BCUT2D eigenvalue weighted by Gasteiger charge is -2.60. The molecule has 114 valence electrons. The van der Waals surface area contributed by atoms with Crippen molar-refractivity contribution >= 4 is 0 Å². The van der Waals surface area contributed by atoms with E-state index in [1.54, 1.807) is 6.42 Å². The minimum atomic E-state index is 0.492. The fourth-order valence-electron chi connectivity index (χ4n) is 7.40. The van der Waals surface area contributed by atoms with Gasteiger partial charge in [0.1, 0.15) is 0 Å². The van der Waals surface area contributed by atoms with Crippen molar-refractivity contribution < 1.29 is 0 Å². The molecule has 4 aliphatic rings. The predicted octanol–water partition coefficient (Wildman–Crippen LogP) is 4.75. The van der Waals surface area contributed by atoms with Gasteiger partial charge in [-0.2, -0.15) is 0 Å². The van der Waals surface area contributed by atoms with E-state index in [1.165, 1.54) is 57.8 Å². The van der Waals surface area contributed by atoms with Gasteiger partial charge in [0.2, 0.25) is 0 Å². The molecule has 0 radical (unpaired) electrons. The highest BCUT2D eigenvalue weighted by atomic mass is 14.7. The molecule has 4 aliphatic carbocycles. The third-order valence-electron chi connectivity index (χ3n) is 8.43. The minimum absolute atomic E-state index is 0.492. The summed E-state index contributed by atoms with van der Waals surface area (Å²) in [6.07, 6.45) is 14.7. The van der Waals surface area contributed by atoms with Crippen molar-refractivity contribution in [2.45, 2.75) is 84.1 Å². The first-order valence-electron chi connectivity index (χ1n) is 9.28. The number of fused-ring (bicyclic) bond motifs is 5. The SMILES string of the molecule is C[C@@]12CCC[C@H]1[C@H]1CC[C@H]3CC[C@H](N)C[C@]3(C)[C@H]1CC2. The summed E-state index contributed by atoms with van der Waals surface area (Å²) < 4.78 is 0. The molecule has 0 unspecified atom stereocenters. The Labute approximate surface area is 125 Å². The molecule has 4 fully saturated rings. The van der Waals surface area contributed by atoms with Crippen molar-refractivity contribution in [3.63, 3.8) is 0 Å². The average Bonchev–Trinajstić information content (AvgIpc) is 2.79. The molecule has 0 spiro atoms. The fourth-order valence-corrected chi connectivity index (χ4v) is 7.40. The molecule has 4 saturated carbocycles. The van der Waals surface area contributed by atoms with E-state index in [1.807, 2.05) is 0 Å². The van der Waals surface area contributed by atoms with E-state index in [0.717, 1.165) is 23.7 Å². The molecule has 1 nitrogen and oxygen atoms in total. The van der Waals surface area contributed by atoms with Crippen molar-refractivity contribution in [3.8, 4) is 0 Å². The van der Waals surface area contributed by atoms with Gasteiger partial charge < -0.3 is 5.73 Å². The standard InChI is InChI=1S/C19H33N/c1-18-10-3-4-16(18)15-8-6-13-5-7-14(20)12-19(13,2)17(15)9-11-18/h13-17H,3-12,20H2,1-2H3/t13-,14+,15-,16+,17+,18+,19+/m1/s1. The molecule has 0 amide bonds. The largest absolute Gasteiger partial charge is 0.328 e. The van der Waals surface area contributed by atoms with E-state index >= 15 is 0 Å². The highest BCUT2D eigenvalue weighted by Gasteiger charge is 2.57. The lowest BCUT2D eigenvalue weighted by molar-refractivity contribution is -0.106. The first-order valence-corrected chi connectivity index (χ1v) is 9.28. The van der Waals surface area contributed by atoms with E-state index in [2.05, 4.69) is 13.8 Å². The molecular weight excluding hydrogens is 242 g/mol. The van der Waals surface area contributed by atoms with Gasteiger partial charge in [-0.25, -0.2) is 0 Å². The molecule has 0 aromatic heterocycles. The Morgan fingerprint density at radius 1 is 0.850 bits per heavy atom. The van der Waals surface area contributed by atoms with Crippen molar-refractivity contribution in [1.29, 1.82) is 0 Å². The number of hydrogen-bond donors (Lipinski definition) is 1. The van der Waals surface area contributed by atoms with Crippen LogP contribution in [0, 0.1) is 34.5 Å². The molecule has 0 aliphatic heterocycles. The van der Waals surface area contributed by atoms with Crippen molar-refractivity contribution in [2.75, 3.05) is 0 Å². The van der Waals surface area contributed by atoms with Crippen LogP contribution in [0.1, 0.15) is 78.1 Å². The fraction of sp³-hybridized carbons (Fsp3) is 1.00. The van der Waals surface area contributed by atoms with Crippen LogP contribution in [0.2, 0.25) is 0 Å². The topological polar surface area (TPSA) is 26.0 Å². The Hall–Kier alpha value is -0.0400. The normalized spacial score (nSPS) is 58.6. The average molecular weight is 275 g/mol. The zero-order chi connectivity index (χ0) is 14.0. The van der Waals surface area contributed by atoms with Gasteiger partial charge in [-0.05, 0) is 92.3 Å². The van der Waals surface area contributed by atoms with Crippen LogP contribution >= 0.6 is 0 Å². The van der Waals surface area contributed by atoms with Crippen molar-refractivity contribution in [2.24, 2.45) is 40.2 Å². The molecule has 2 N–H and O–H groups in total. The zero-order valence-electron chi connectivity index (χ0n) is 13.5. The third-order valence-corrected chi connectivity index (χ3v) is 8.43. The van der Waals surface area contributed by atoms with Crippen LogP contribution in [0.15, 0.2) is 0 Å². The summed E-state index contributed by atoms with van der Waals surface area (Å²) in [6.45, 7) is 5.24. The van der Waals surface area contributed by atoms with Gasteiger partial charge >= 0.3 is 0 Å². The van der Waals surface area contributed by atoms with Gasteiger partial charge in [-0.3, -0.25) is 0 Å². The van der Waals surface area contributed by atoms with Crippen LogP contribution in [-0.2, 0) is 0 Å². The van der Waals surface area contributed by atoms with Crippen LogP contribution in [0.5, 0.6) is 0 Å². The Morgan fingerprint density at radius 3 is 2.50 bits per heavy atom. The maximum atomic E-state index is 6.38. The molecule has 0 heterocycles. The van der Waals surface area contributed by atoms with Crippen LogP contribution in [0.25, 0.3) is 0 Å². The lowest BCUT2D eigenvalue weighted by Crippen LogP contribution is -2.54. The van der Waals surface area contributed by atoms with E-state index in [4.69, 9.17) is 5.73 Å². The summed E-state index contributed by atoms with van der Waals surface area (Å²) in [7, 11) is 0. The predicted molar refractivity (Wildman–Crippen MR) is 84.3 cm³/mol. The van der Waals surface area contributed by atoms with Gasteiger partial charge in [0, 0.05) is 6.04 Å². The number of nitrogens with two attached hydrogens (primary N) is 1. The second-order valence-electron chi connectivity index (χ2n) is 9.28. The molecule has 0 bridgehead atoms. The molecule has 4 rings (SSSR count). The van der Waals surface area contributed by atoms with E-state index in [0.29, 0.717) is 16.9 Å². The lowest BCUT2D eigenvalue weighted by atomic mass is 9.45. The summed E-state index contributed by atoms with van der Waals surface area (Å²) in [6, 6.07) is 0.492. The Balaban J connectivity index is 1.64. The van der Waals surface area contributed by atoms with Crippen molar-refractivity contribution in [3.05, 3.63) is 0 Å². The van der Waals surface area contributed by atoms with Crippen LogP contribution in [0.4, 0.5) is 0 Å². The zero-order valence-corrected chi connectivity index (χ0v) is 13.5. The second kappa shape index (κ2) is 4.48. The van der Waals surface area contributed by atoms with Gasteiger partial charge in [0.05, 0.1) is 0 Å². The summed E-state index contributed by atoms with van der Waals surface area (Å²) in [5.74, 6) is 4.10. The Kier molecular flexibility index (Phi) is 3.05. The summed E-state index contributed by atoms with van der Waals surface area (Å²) in [4.78, 5) is 0. The van der Waals surface area contributed by atoms with E-state index < -0.39 is 0 Å². The quantitative estimate of drug-likeness (QED) is 0.678. The summed E-state index contributed by atoms with van der Waals surface area (Å²) in [5, 5.41) is 0. The Morgan fingerprint density at radius 2 is 1.65 bits per heavy atom. The molecule has 0 aromatic rings. The van der Waals surface area contributed by atoms with Gasteiger partial charge in [-0.1, -0.05) is 20.3 Å². The first kappa shape index (κ1) is 13.6. The highest BCUT2D eigenvalue weighted by molar-refractivity contribution is 5.07. The monoisotopic (exact) mass is 275 g/mol. The van der Waals surface area contributed by atoms with E-state index in [-0.39, 0.29) is 0 Å². The van der Waals surface area contributed by atoms with Gasteiger partial charge in [-0.15, -0.1) is 0 Å². The highest BCUT2D eigenvalue weighted by Crippen LogP contribution is 2.65. The van der Waals surface area contributed by atoms with Gasteiger partial charge in [0.25, 0.3) is 0 Å². The Bertz CT molecular complexity index is 391. The number of hydrogen-bond acceptors (Lipinski definition) is 1. The summed E-state index contributed by atoms with van der Waals surface area (Å²) in [5.41, 5.74) is 7.68. The van der Waals surface area contributed by atoms with Crippen LogP contribution in [-0.4, -0.2) is 6.04 Å². The van der Waals surface area contributed by atoms with E-state index in [9.17, 15) is 0 Å². The molecule has 1 heteroatoms. The first-order chi connectivity index (χ1) is 9.53. The molecule has 0 saturated heterocycles. The van der Waals surface area contributed by atoms with Crippen LogP contribution in [0.3, 0.4) is 0 Å². The maximum Gasteiger partial charge on any atom is 0.00443 e. The third kappa shape index (κ3) is 1.77. The molecular formula is C19H33N. The minimum Gasteiger partial charge on any atom is -0.328 e. The molecule has 0 aromatic carbocycles.